The summed E-state index contributed by atoms with van der Waals surface area (Å²) in [6.07, 6.45) is 2.44. The lowest BCUT2D eigenvalue weighted by molar-refractivity contribution is -0.129. The molecule has 0 bridgehead atoms. The van der Waals surface area contributed by atoms with E-state index in [1.165, 1.54) is 0 Å². The highest BCUT2D eigenvalue weighted by Gasteiger charge is 2.20. The molecule has 6 heteroatoms. The number of hydrogen-bond donors (Lipinski definition) is 0. The Bertz CT molecular complexity index is 690. The first-order valence-corrected chi connectivity index (χ1v) is 7.67. The van der Waals surface area contributed by atoms with Gasteiger partial charge < -0.3 is 18.9 Å². The van der Waals surface area contributed by atoms with Gasteiger partial charge in [-0.25, -0.2) is 0 Å². The van der Waals surface area contributed by atoms with Crippen molar-refractivity contribution in [3.05, 3.63) is 30.0 Å². The first-order valence-electron chi connectivity index (χ1n) is 7.67. The number of hydrogen-bond acceptors (Lipinski definition) is 5. The van der Waals surface area contributed by atoms with Crippen LogP contribution in [0.2, 0.25) is 0 Å². The average Bonchev–Trinajstić information content (AvgIpc) is 3.25. The fourth-order valence-corrected chi connectivity index (χ4v) is 2.75. The van der Waals surface area contributed by atoms with Crippen molar-refractivity contribution in [2.45, 2.75) is 19.3 Å². The summed E-state index contributed by atoms with van der Waals surface area (Å²) >= 11 is 0. The number of carbonyl (C=O) groups is 1. The van der Waals surface area contributed by atoms with Gasteiger partial charge in [-0.15, -0.1) is 0 Å². The summed E-state index contributed by atoms with van der Waals surface area (Å²) in [4.78, 5) is 14.0. The van der Waals surface area contributed by atoms with E-state index in [0.29, 0.717) is 23.0 Å². The van der Waals surface area contributed by atoms with Crippen molar-refractivity contribution in [1.82, 2.24) is 10.1 Å². The second-order valence-electron chi connectivity index (χ2n) is 5.52. The van der Waals surface area contributed by atoms with Crippen LogP contribution >= 0.6 is 0 Å². The number of carbonyl (C=O) groups excluding carboxylic acids is 1. The molecule has 0 spiro atoms. The number of amides is 1. The highest BCUT2D eigenvalue weighted by Crippen LogP contribution is 2.32. The molecule has 0 atom stereocenters. The molecule has 1 saturated heterocycles. The topological polar surface area (TPSA) is 64.8 Å². The summed E-state index contributed by atoms with van der Waals surface area (Å²) in [5, 5.41) is 4.01. The Hall–Kier alpha value is -2.50. The minimum absolute atomic E-state index is 0.106. The molecule has 1 aliphatic rings. The number of nitrogens with zero attached hydrogens (tertiary/aromatic N) is 2. The van der Waals surface area contributed by atoms with Gasteiger partial charge in [0.2, 0.25) is 5.91 Å². The van der Waals surface area contributed by atoms with Gasteiger partial charge in [0.1, 0.15) is 0 Å². The van der Waals surface area contributed by atoms with Crippen LogP contribution in [0.15, 0.2) is 28.8 Å². The lowest BCUT2D eigenvalue weighted by Crippen LogP contribution is -2.29. The van der Waals surface area contributed by atoms with Crippen LogP contribution in [0, 0.1) is 0 Å². The van der Waals surface area contributed by atoms with Crippen LogP contribution in [0.4, 0.5) is 0 Å². The van der Waals surface area contributed by atoms with Crippen LogP contribution in [0.1, 0.15) is 18.5 Å². The number of methoxy groups -OCH3 is 2. The molecule has 1 aromatic heterocycles. The molecular weight excluding hydrogens is 296 g/mol. The van der Waals surface area contributed by atoms with Gasteiger partial charge in [-0.1, -0.05) is 5.16 Å². The zero-order valence-corrected chi connectivity index (χ0v) is 13.4. The third-order valence-corrected chi connectivity index (χ3v) is 4.02. The fourth-order valence-electron chi connectivity index (χ4n) is 2.75. The van der Waals surface area contributed by atoms with Crippen molar-refractivity contribution in [3.8, 4) is 22.8 Å². The largest absolute Gasteiger partial charge is 0.493 e. The monoisotopic (exact) mass is 316 g/mol. The molecule has 122 valence electrons. The van der Waals surface area contributed by atoms with E-state index < -0.39 is 0 Å². The molecule has 0 radical (unpaired) electrons. The lowest BCUT2D eigenvalue weighted by atomic mass is 10.1. The molecule has 0 unspecified atom stereocenters. The Kier molecular flexibility index (Phi) is 4.50. The summed E-state index contributed by atoms with van der Waals surface area (Å²) < 4.78 is 15.9. The van der Waals surface area contributed by atoms with E-state index in [1.807, 2.05) is 23.1 Å². The maximum atomic E-state index is 12.2. The van der Waals surface area contributed by atoms with Crippen LogP contribution < -0.4 is 9.47 Å². The molecule has 2 heterocycles. The quantitative estimate of drug-likeness (QED) is 0.848. The molecule has 6 nitrogen and oxygen atoms in total. The Morgan fingerprint density at radius 1 is 1.17 bits per heavy atom. The SMILES string of the molecule is COc1ccc(-c2cc(CC(=O)N3CCCC3)no2)cc1OC. The van der Waals surface area contributed by atoms with Crippen LogP contribution in [-0.4, -0.2) is 43.3 Å². The van der Waals surface area contributed by atoms with E-state index in [2.05, 4.69) is 5.16 Å². The molecule has 1 amide bonds. The first-order chi connectivity index (χ1) is 11.2. The summed E-state index contributed by atoms with van der Waals surface area (Å²) in [5.41, 5.74) is 1.47. The summed E-state index contributed by atoms with van der Waals surface area (Å²) in [6.45, 7) is 1.69. The predicted molar refractivity (Wildman–Crippen MR) is 84.6 cm³/mol. The van der Waals surface area contributed by atoms with Crippen molar-refractivity contribution in [2.24, 2.45) is 0 Å². The van der Waals surface area contributed by atoms with Crippen LogP contribution in [-0.2, 0) is 11.2 Å². The van der Waals surface area contributed by atoms with Crippen molar-refractivity contribution in [1.29, 1.82) is 0 Å². The summed E-state index contributed by atoms with van der Waals surface area (Å²) in [5.74, 6) is 1.99. The molecule has 1 aromatic carbocycles. The van der Waals surface area contributed by atoms with E-state index in [9.17, 15) is 4.79 Å². The number of aromatic nitrogens is 1. The zero-order valence-electron chi connectivity index (χ0n) is 13.4. The molecule has 0 aliphatic carbocycles. The van der Waals surface area contributed by atoms with Gasteiger partial charge in [-0.3, -0.25) is 4.79 Å². The normalized spacial score (nSPS) is 14.1. The number of benzene rings is 1. The van der Waals surface area contributed by atoms with E-state index in [4.69, 9.17) is 14.0 Å². The van der Waals surface area contributed by atoms with Crippen molar-refractivity contribution in [3.63, 3.8) is 0 Å². The number of likely N-dealkylation sites (tertiary alicyclic amines) is 1. The van der Waals surface area contributed by atoms with Gasteiger partial charge in [-0.05, 0) is 31.0 Å². The van der Waals surface area contributed by atoms with E-state index in [1.54, 1.807) is 20.3 Å². The zero-order chi connectivity index (χ0) is 16.2. The van der Waals surface area contributed by atoms with E-state index in [0.717, 1.165) is 31.5 Å². The average molecular weight is 316 g/mol. The summed E-state index contributed by atoms with van der Waals surface area (Å²) in [7, 11) is 3.18. The number of rotatable bonds is 5. The molecule has 23 heavy (non-hydrogen) atoms. The van der Waals surface area contributed by atoms with Gasteiger partial charge in [0.05, 0.1) is 26.3 Å². The van der Waals surface area contributed by atoms with Crippen molar-refractivity contribution in [2.75, 3.05) is 27.3 Å². The maximum absolute atomic E-state index is 12.2. The molecular formula is C17H20N2O4. The summed E-state index contributed by atoms with van der Waals surface area (Å²) in [6, 6.07) is 7.31. The Balaban J connectivity index is 1.75. The molecule has 2 aromatic rings. The molecule has 0 N–H and O–H groups in total. The maximum Gasteiger partial charge on any atom is 0.228 e. The molecule has 1 fully saturated rings. The predicted octanol–water partition coefficient (Wildman–Crippen LogP) is 2.52. The van der Waals surface area contributed by atoms with Gasteiger partial charge in [0, 0.05) is 24.7 Å². The van der Waals surface area contributed by atoms with Crippen LogP contribution in [0.5, 0.6) is 11.5 Å². The van der Waals surface area contributed by atoms with E-state index >= 15 is 0 Å². The smallest absolute Gasteiger partial charge is 0.228 e. The Labute approximate surface area is 135 Å². The minimum atomic E-state index is 0.106. The molecule has 0 saturated carbocycles. The number of ether oxygens (including phenoxy) is 2. The van der Waals surface area contributed by atoms with Crippen molar-refractivity contribution < 1.29 is 18.8 Å². The van der Waals surface area contributed by atoms with Gasteiger partial charge in [-0.2, -0.15) is 0 Å². The Morgan fingerprint density at radius 2 is 1.91 bits per heavy atom. The van der Waals surface area contributed by atoms with Gasteiger partial charge >= 0.3 is 0 Å². The van der Waals surface area contributed by atoms with Gasteiger partial charge in [0.15, 0.2) is 17.3 Å². The van der Waals surface area contributed by atoms with Crippen molar-refractivity contribution >= 4 is 5.91 Å². The highest BCUT2D eigenvalue weighted by molar-refractivity contribution is 5.79. The first kappa shape index (κ1) is 15.4. The third-order valence-electron chi connectivity index (χ3n) is 4.02. The second-order valence-corrected chi connectivity index (χ2v) is 5.52. The lowest BCUT2D eigenvalue weighted by Gasteiger charge is -2.13. The standard InChI is InChI=1S/C17H20N2O4/c1-21-14-6-5-12(9-16(14)22-2)15-10-13(18-23-15)11-17(20)19-7-3-4-8-19/h5-6,9-10H,3-4,7-8,11H2,1-2H3. The van der Waals surface area contributed by atoms with Gasteiger partial charge in [0.25, 0.3) is 0 Å². The van der Waals surface area contributed by atoms with E-state index in [-0.39, 0.29) is 12.3 Å². The molecule has 1 aliphatic heterocycles. The van der Waals surface area contributed by atoms with Crippen LogP contribution in [0.25, 0.3) is 11.3 Å². The van der Waals surface area contributed by atoms with Crippen LogP contribution in [0.3, 0.4) is 0 Å². The minimum Gasteiger partial charge on any atom is -0.493 e. The fraction of sp³-hybridized carbons (Fsp3) is 0.412. The second kappa shape index (κ2) is 6.73. The molecule has 3 rings (SSSR count). The Morgan fingerprint density at radius 3 is 2.61 bits per heavy atom. The highest BCUT2D eigenvalue weighted by atomic mass is 16.5. The third kappa shape index (κ3) is 3.31.